The lowest BCUT2D eigenvalue weighted by Gasteiger charge is -2.05. The number of rotatable bonds is 1. The van der Waals surface area contributed by atoms with Gasteiger partial charge in [0.2, 0.25) is 0 Å². The maximum absolute atomic E-state index is 6.08. The summed E-state index contributed by atoms with van der Waals surface area (Å²) in [5, 5.41) is 0. The molecule has 0 spiro atoms. The summed E-state index contributed by atoms with van der Waals surface area (Å²) < 4.78 is 1.97. The number of hydrogen-bond donors (Lipinski definition) is 1. The number of nitrogens with two attached hydrogens (primary N) is 1. The molecule has 0 aliphatic carbocycles. The molecule has 0 saturated carbocycles. The molecule has 4 heteroatoms. The van der Waals surface area contributed by atoms with Crippen LogP contribution < -0.4 is 5.73 Å². The molecule has 0 aromatic carbocycles. The first kappa shape index (κ1) is 9.96. The highest BCUT2D eigenvalue weighted by atomic mass is 15.1. The molecular weight excluding hydrogens is 188 g/mol. The van der Waals surface area contributed by atoms with Crippen LogP contribution >= 0.6 is 0 Å². The van der Waals surface area contributed by atoms with Crippen molar-refractivity contribution in [2.75, 3.05) is 5.73 Å². The van der Waals surface area contributed by atoms with Crippen LogP contribution in [0.2, 0.25) is 0 Å². The Bertz CT molecular complexity index is 511. The molecule has 2 aromatic heterocycles. The van der Waals surface area contributed by atoms with E-state index in [4.69, 9.17) is 5.73 Å². The van der Waals surface area contributed by atoms with Gasteiger partial charge in [0.05, 0.1) is 17.6 Å². The molecule has 2 N–H and O–H groups in total. The Morgan fingerprint density at radius 2 is 2.00 bits per heavy atom. The van der Waals surface area contributed by atoms with Crippen LogP contribution in [0.1, 0.15) is 36.8 Å². The highest BCUT2D eigenvalue weighted by Crippen LogP contribution is 2.23. The third-order valence-electron chi connectivity index (χ3n) is 2.75. The molecule has 0 fully saturated rings. The van der Waals surface area contributed by atoms with Crippen molar-refractivity contribution in [3.8, 4) is 0 Å². The molecule has 2 aromatic rings. The molecule has 0 radical (unpaired) electrons. The van der Waals surface area contributed by atoms with Gasteiger partial charge in [0.1, 0.15) is 5.82 Å². The zero-order chi connectivity index (χ0) is 11.2. The average Bonchev–Trinajstić information content (AvgIpc) is 2.50. The number of anilines is 1. The van der Waals surface area contributed by atoms with Gasteiger partial charge in [-0.15, -0.1) is 0 Å². The van der Waals surface area contributed by atoms with E-state index >= 15 is 0 Å². The number of nitrogens with zero attached hydrogens (tertiary/aromatic N) is 3. The molecule has 0 saturated heterocycles. The highest BCUT2D eigenvalue weighted by molar-refractivity contribution is 5.54. The van der Waals surface area contributed by atoms with E-state index in [0.29, 0.717) is 5.92 Å². The van der Waals surface area contributed by atoms with Crippen LogP contribution in [-0.2, 0) is 0 Å². The largest absolute Gasteiger partial charge is 0.383 e. The second kappa shape index (κ2) is 3.22. The number of fused-ring (bicyclic) bond motifs is 1. The van der Waals surface area contributed by atoms with Gasteiger partial charge in [-0.1, -0.05) is 13.8 Å². The van der Waals surface area contributed by atoms with Gasteiger partial charge in [-0.3, -0.25) is 9.38 Å². The molecule has 0 bridgehead atoms. The topological polar surface area (TPSA) is 56.2 Å². The zero-order valence-electron chi connectivity index (χ0n) is 9.57. The van der Waals surface area contributed by atoms with Gasteiger partial charge in [0.25, 0.3) is 0 Å². The van der Waals surface area contributed by atoms with Crippen LogP contribution in [0.25, 0.3) is 5.65 Å². The molecule has 0 unspecified atom stereocenters. The Hall–Kier alpha value is -1.58. The first-order valence-electron chi connectivity index (χ1n) is 5.12. The quantitative estimate of drug-likeness (QED) is 0.773. The Kier molecular flexibility index (Phi) is 2.14. The van der Waals surface area contributed by atoms with Gasteiger partial charge in [-0.25, -0.2) is 4.98 Å². The van der Waals surface area contributed by atoms with Crippen molar-refractivity contribution in [1.82, 2.24) is 14.4 Å². The third-order valence-corrected chi connectivity index (χ3v) is 2.75. The lowest BCUT2D eigenvalue weighted by molar-refractivity contribution is 0.837. The van der Waals surface area contributed by atoms with Crippen molar-refractivity contribution in [3.05, 3.63) is 23.3 Å². The number of nitrogen functional groups attached to an aromatic ring is 1. The minimum atomic E-state index is 0.338. The number of aryl methyl sites for hydroxylation is 2. The monoisotopic (exact) mass is 204 g/mol. The molecule has 4 nitrogen and oxygen atoms in total. The summed E-state index contributed by atoms with van der Waals surface area (Å²) in [5.74, 6) is 1.08. The molecule has 15 heavy (non-hydrogen) atoms. The predicted molar refractivity (Wildman–Crippen MR) is 61.0 cm³/mol. The van der Waals surface area contributed by atoms with Gasteiger partial charge >= 0.3 is 0 Å². The second-order valence-corrected chi connectivity index (χ2v) is 4.16. The molecule has 0 amide bonds. The summed E-state index contributed by atoms with van der Waals surface area (Å²) in [6, 6.07) is 0. The lowest BCUT2D eigenvalue weighted by atomic mass is 10.1. The predicted octanol–water partition coefficient (Wildman–Crippen LogP) is 2.05. The van der Waals surface area contributed by atoms with Crippen molar-refractivity contribution in [1.29, 1.82) is 0 Å². The van der Waals surface area contributed by atoms with E-state index in [2.05, 4.69) is 23.8 Å². The standard InChI is InChI=1S/C11H16N4/c1-6(2)10-11(12)15-8(4)7(3)13-5-9(15)14-10/h5-6H,12H2,1-4H3. The van der Waals surface area contributed by atoms with Gasteiger partial charge in [0, 0.05) is 5.69 Å². The molecule has 80 valence electrons. The van der Waals surface area contributed by atoms with Crippen LogP contribution in [0.4, 0.5) is 5.82 Å². The van der Waals surface area contributed by atoms with Crippen molar-refractivity contribution in [3.63, 3.8) is 0 Å². The van der Waals surface area contributed by atoms with Gasteiger partial charge in [-0.05, 0) is 19.8 Å². The average molecular weight is 204 g/mol. The van der Waals surface area contributed by atoms with Crippen LogP contribution in [0, 0.1) is 13.8 Å². The number of aromatic nitrogens is 3. The fourth-order valence-corrected chi connectivity index (χ4v) is 1.74. The first-order valence-corrected chi connectivity index (χ1v) is 5.12. The van der Waals surface area contributed by atoms with E-state index in [1.807, 2.05) is 18.2 Å². The Morgan fingerprint density at radius 3 is 2.60 bits per heavy atom. The highest BCUT2D eigenvalue weighted by Gasteiger charge is 2.14. The van der Waals surface area contributed by atoms with Crippen LogP contribution in [0.3, 0.4) is 0 Å². The molecule has 0 aliphatic heterocycles. The lowest BCUT2D eigenvalue weighted by Crippen LogP contribution is -2.02. The fraction of sp³-hybridized carbons (Fsp3) is 0.455. The smallest absolute Gasteiger partial charge is 0.157 e. The van der Waals surface area contributed by atoms with E-state index in [9.17, 15) is 0 Å². The molecule has 2 rings (SSSR count). The van der Waals surface area contributed by atoms with E-state index < -0.39 is 0 Å². The maximum atomic E-state index is 6.08. The summed E-state index contributed by atoms with van der Waals surface area (Å²) in [5.41, 5.74) is 9.91. The Balaban J connectivity index is 2.83. The summed E-state index contributed by atoms with van der Waals surface area (Å²) >= 11 is 0. The first-order chi connectivity index (χ1) is 7.02. The fourth-order valence-electron chi connectivity index (χ4n) is 1.74. The number of imidazole rings is 1. The van der Waals surface area contributed by atoms with Crippen molar-refractivity contribution in [2.45, 2.75) is 33.6 Å². The van der Waals surface area contributed by atoms with E-state index in [1.165, 1.54) is 0 Å². The van der Waals surface area contributed by atoms with E-state index in [0.717, 1.165) is 28.5 Å². The van der Waals surface area contributed by atoms with E-state index in [-0.39, 0.29) is 0 Å². The minimum Gasteiger partial charge on any atom is -0.383 e. The Morgan fingerprint density at radius 1 is 1.33 bits per heavy atom. The molecular formula is C11H16N4. The maximum Gasteiger partial charge on any atom is 0.157 e. The number of hydrogen-bond acceptors (Lipinski definition) is 3. The SMILES string of the molecule is Cc1ncc2nc(C(C)C)c(N)n2c1C. The van der Waals surface area contributed by atoms with Crippen LogP contribution in [-0.4, -0.2) is 14.4 Å². The third kappa shape index (κ3) is 1.37. The van der Waals surface area contributed by atoms with Crippen LogP contribution in [0.5, 0.6) is 0 Å². The van der Waals surface area contributed by atoms with Crippen molar-refractivity contribution < 1.29 is 0 Å². The summed E-state index contributed by atoms with van der Waals surface area (Å²) in [6.45, 7) is 8.17. The van der Waals surface area contributed by atoms with Crippen LogP contribution in [0.15, 0.2) is 6.20 Å². The molecule has 2 heterocycles. The molecule has 0 aliphatic rings. The minimum absolute atomic E-state index is 0.338. The second-order valence-electron chi connectivity index (χ2n) is 4.16. The van der Waals surface area contributed by atoms with Gasteiger partial charge in [-0.2, -0.15) is 0 Å². The summed E-state index contributed by atoms with van der Waals surface area (Å²) in [4.78, 5) is 8.77. The normalized spacial score (nSPS) is 11.5. The summed E-state index contributed by atoms with van der Waals surface area (Å²) in [7, 11) is 0. The van der Waals surface area contributed by atoms with Crippen molar-refractivity contribution >= 4 is 11.5 Å². The zero-order valence-corrected chi connectivity index (χ0v) is 9.57. The van der Waals surface area contributed by atoms with Gasteiger partial charge in [0.15, 0.2) is 5.65 Å². The van der Waals surface area contributed by atoms with E-state index in [1.54, 1.807) is 6.20 Å². The molecule has 0 atom stereocenters. The summed E-state index contributed by atoms with van der Waals surface area (Å²) in [6.07, 6.45) is 1.77. The van der Waals surface area contributed by atoms with Gasteiger partial charge < -0.3 is 5.73 Å². The Labute approximate surface area is 89.2 Å². The van der Waals surface area contributed by atoms with Crippen molar-refractivity contribution in [2.24, 2.45) is 0 Å².